The van der Waals surface area contributed by atoms with Crippen molar-refractivity contribution in [1.29, 1.82) is 0 Å². The van der Waals surface area contributed by atoms with Crippen LogP contribution in [0, 0.1) is 0 Å². The second-order valence-corrected chi connectivity index (χ2v) is 9.06. The number of thiazole rings is 1. The van der Waals surface area contributed by atoms with Crippen molar-refractivity contribution in [1.82, 2.24) is 15.2 Å². The van der Waals surface area contributed by atoms with Crippen LogP contribution in [0.2, 0.25) is 0 Å². The molecule has 0 bridgehead atoms. The van der Waals surface area contributed by atoms with E-state index in [-0.39, 0.29) is 11.9 Å². The highest BCUT2D eigenvalue weighted by molar-refractivity contribution is 7.21. The van der Waals surface area contributed by atoms with E-state index in [1.165, 1.54) is 5.56 Å². The second kappa shape index (κ2) is 9.14. The van der Waals surface area contributed by atoms with Crippen molar-refractivity contribution in [2.75, 3.05) is 20.2 Å². The first-order valence-electron chi connectivity index (χ1n) is 10.8. The number of para-hydroxylation sites is 1. The lowest BCUT2D eigenvalue weighted by molar-refractivity contribution is 0.0882. The van der Waals surface area contributed by atoms with Gasteiger partial charge in [0.2, 0.25) is 0 Å². The molecule has 32 heavy (non-hydrogen) atoms. The fourth-order valence-corrected chi connectivity index (χ4v) is 5.00. The first kappa shape index (κ1) is 20.7. The molecule has 1 fully saturated rings. The number of ether oxygens (including phenoxy) is 1. The lowest BCUT2D eigenvalue weighted by Gasteiger charge is -2.32. The fraction of sp³-hybridized carbons (Fsp3) is 0.280. The molecule has 7 heteroatoms. The van der Waals surface area contributed by atoms with E-state index in [2.05, 4.69) is 27.3 Å². The van der Waals surface area contributed by atoms with Crippen molar-refractivity contribution in [3.05, 3.63) is 72.0 Å². The standard InChI is InChI=1S/C25H25N3O3S/c1-30-19-6-4-5-17(15-19)16-28-13-11-18(12-14-28)26-24(29)21-9-10-22(31-21)25-27-20-7-2-3-8-23(20)32-25/h2-10,15,18H,11-14,16H2,1H3,(H,26,29). The molecule has 5 rings (SSSR count). The van der Waals surface area contributed by atoms with Crippen LogP contribution in [-0.4, -0.2) is 42.0 Å². The number of furan rings is 1. The maximum atomic E-state index is 12.7. The first-order valence-corrected chi connectivity index (χ1v) is 11.6. The van der Waals surface area contributed by atoms with Gasteiger partial charge >= 0.3 is 0 Å². The molecule has 0 radical (unpaired) electrons. The van der Waals surface area contributed by atoms with E-state index < -0.39 is 0 Å². The van der Waals surface area contributed by atoms with E-state index >= 15 is 0 Å². The predicted octanol–water partition coefficient (Wildman–Crippen LogP) is 4.96. The number of fused-ring (bicyclic) bond motifs is 1. The molecule has 2 aromatic carbocycles. The Morgan fingerprint density at radius 2 is 2.00 bits per heavy atom. The molecule has 0 unspecified atom stereocenters. The summed E-state index contributed by atoms with van der Waals surface area (Å²) >= 11 is 1.56. The highest BCUT2D eigenvalue weighted by Crippen LogP contribution is 2.31. The average molecular weight is 448 g/mol. The highest BCUT2D eigenvalue weighted by Gasteiger charge is 2.23. The molecule has 1 aliphatic heterocycles. The van der Waals surface area contributed by atoms with Crippen LogP contribution in [0.15, 0.2) is 65.1 Å². The van der Waals surface area contributed by atoms with Gasteiger partial charge in [0.25, 0.3) is 5.91 Å². The number of nitrogens with zero attached hydrogens (tertiary/aromatic N) is 2. The van der Waals surface area contributed by atoms with E-state index in [1.807, 2.05) is 42.5 Å². The van der Waals surface area contributed by atoms with E-state index in [9.17, 15) is 4.79 Å². The Morgan fingerprint density at radius 3 is 2.81 bits per heavy atom. The predicted molar refractivity (Wildman–Crippen MR) is 126 cm³/mol. The topological polar surface area (TPSA) is 67.6 Å². The molecule has 0 aliphatic carbocycles. The van der Waals surface area contributed by atoms with Crippen molar-refractivity contribution in [3.63, 3.8) is 0 Å². The van der Waals surface area contributed by atoms with Gasteiger partial charge in [-0.25, -0.2) is 4.98 Å². The number of hydrogen-bond acceptors (Lipinski definition) is 6. The highest BCUT2D eigenvalue weighted by atomic mass is 32.1. The van der Waals surface area contributed by atoms with Gasteiger partial charge in [-0.15, -0.1) is 11.3 Å². The van der Waals surface area contributed by atoms with Crippen LogP contribution in [-0.2, 0) is 6.54 Å². The molecule has 164 valence electrons. The fourth-order valence-electron chi connectivity index (χ4n) is 4.07. The Kier molecular flexibility index (Phi) is 5.92. The molecule has 4 aromatic rings. The summed E-state index contributed by atoms with van der Waals surface area (Å²) in [6.07, 6.45) is 1.84. The normalized spacial score (nSPS) is 15.2. The second-order valence-electron chi connectivity index (χ2n) is 8.03. The van der Waals surface area contributed by atoms with Crippen LogP contribution in [0.1, 0.15) is 29.0 Å². The summed E-state index contributed by atoms with van der Waals surface area (Å²) in [6, 6.07) is 19.9. The average Bonchev–Trinajstić information content (AvgIpc) is 3.48. The summed E-state index contributed by atoms with van der Waals surface area (Å²) < 4.78 is 12.3. The van der Waals surface area contributed by atoms with Crippen LogP contribution in [0.4, 0.5) is 0 Å². The molecular weight excluding hydrogens is 422 g/mol. The largest absolute Gasteiger partial charge is 0.497 e. The maximum absolute atomic E-state index is 12.7. The number of likely N-dealkylation sites (tertiary alicyclic amines) is 1. The lowest BCUT2D eigenvalue weighted by Crippen LogP contribution is -2.44. The zero-order valence-corrected chi connectivity index (χ0v) is 18.7. The van der Waals surface area contributed by atoms with Crippen molar-refractivity contribution >= 4 is 27.5 Å². The Labute approximate surface area is 190 Å². The molecular formula is C25H25N3O3S. The molecule has 0 spiro atoms. The van der Waals surface area contributed by atoms with Gasteiger partial charge < -0.3 is 14.5 Å². The first-order chi connectivity index (χ1) is 15.7. The summed E-state index contributed by atoms with van der Waals surface area (Å²) in [6.45, 7) is 2.77. The van der Waals surface area contributed by atoms with Gasteiger partial charge in [-0.2, -0.15) is 0 Å². The quantitative estimate of drug-likeness (QED) is 0.453. The minimum atomic E-state index is -0.163. The number of carbonyl (C=O) groups excluding carboxylic acids is 1. The molecule has 1 aliphatic rings. The summed E-state index contributed by atoms with van der Waals surface area (Å²) in [5.41, 5.74) is 2.18. The molecule has 1 saturated heterocycles. The van der Waals surface area contributed by atoms with Gasteiger partial charge in [0.15, 0.2) is 16.5 Å². The molecule has 6 nitrogen and oxygen atoms in total. The number of amides is 1. The van der Waals surface area contributed by atoms with Crippen molar-refractivity contribution < 1.29 is 13.9 Å². The number of rotatable bonds is 6. The SMILES string of the molecule is COc1cccc(CN2CCC(NC(=O)c3ccc(-c4nc5ccccc5s4)o3)CC2)c1. The molecule has 0 atom stereocenters. The third-order valence-electron chi connectivity index (χ3n) is 5.80. The molecule has 0 saturated carbocycles. The monoisotopic (exact) mass is 447 g/mol. The van der Waals surface area contributed by atoms with Crippen LogP contribution < -0.4 is 10.1 Å². The summed E-state index contributed by atoms with van der Waals surface area (Å²) in [7, 11) is 1.69. The number of nitrogens with one attached hydrogen (secondary N) is 1. The molecule has 1 N–H and O–H groups in total. The maximum Gasteiger partial charge on any atom is 0.287 e. The van der Waals surface area contributed by atoms with Crippen LogP contribution >= 0.6 is 11.3 Å². The van der Waals surface area contributed by atoms with E-state index in [4.69, 9.17) is 9.15 Å². The number of benzene rings is 2. The minimum Gasteiger partial charge on any atom is -0.497 e. The van der Waals surface area contributed by atoms with Gasteiger partial charge in [-0.05, 0) is 54.8 Å². The van der Waals surface area contributed by atoms with Gasteiger partial charge in [0, 0.05) is 25.7 Å². The van der Waals surface area contributed by atoms with E-state index in [0.29, 0.717) is 11.5 Å². The third kappa shape index (κ3) is 4.54. The zero-order valence-electron chi connectivity index (χ0n) is 17.9. The molecule has 2 aromatic heterocycles. The van der Waals surface area contributed by atoms with Gasteiger partial charge in [-0.3, -0.25) is 9.69 Å². The third-order valence-corrected chi connectivity index (χ3v) is 6.85. The summed E-state index contributed by atoms with van der Waals surface area (Å²) in [5.74, 6) is 1.68. The Bertz CT molecular complexity index is 1190. The number of carbonyl (C=O) groups is 1. The molecule has 1 amide bonds. The van der Waals surface area contributed by atoms with Gasteiger partial charge in [0.05, 0.1) is 17.3 Å². The minimum absolute atomic E-state index is 0.153. The molecule has 3 heterocycles. The Balaban J connectivity index is 1.16. The number of methoxy groups -OCH3 is 1. The zero-order chi connectivity index (χ0) is 21.9. The number of hydrogen-bond donors (Lipinski definition) is 1. The smallest absolute Gasteiger partial charge is 0.287 e. The Morgan fingerprint density at radius 1 is 1.16 bits per heavy atom. The van der Waals surface area contributed by atoms with Crippen molar-refractivity contribution in [2.45, 2.75) is 25.4 Å². The Hall–Kier alpha value is -3.16. The van der Waals surface area contributed by atoms with Crippen molar-refractivity contribution in [2.24, 2.45) is 0 Å². The van der Waals surface area contributed by atoms with Gasteiger partial charge in [-0.1, -0.05) is 24.3 Å². The lowest BCUT2D eigenvalue weighted by atomic mass is 10.0. The van der Waals surface area contributed by atoms with Crippen LogP contribution in [0.25, 0.3) is 21.0 Å². The summed E-state index contributed by atoms with van der Waals surface area (Å²) in [4.78, 5) is 19.7. The summed E-state index contributed by atoms with van der Waals surface area (Å²) in [5, 5.41) is 3.92. The number of piperidine rings is 1. The van der Waals surface area contributed by atoms with Gasteiger partial charge in [0.1, 0.15) is 5.75 Å². The van der Waals surface area contributed by atoms with E-state index in [0.717, 1.165) is 53.4 Å². The number of aromatic nitrogens is 1. The van der Waals surface area contributed by atoms with E-state index in [1.54, 1.807) is 24.5 Å². The van der Waals surface area contributed by atoms with Crippen molar-refractivity contribution in [3.8, 4) is 16.5 Å². The van der Waals surface area contributed by atoms with Crippen LogP contribution in [0.3, 0.4) is 0 Å². The van der Waals surface area contributed by atoms with Crippen LogP contribution in [0.5, 0.6) is 5.75 Å².